The number of carboxylic acid groups (broad SMARTS) is 1. The zero-order chi connectivity index (χ0) is 30.5. The number of aldehydes is 1. The molecule has 0 radical (unpaired) electrons. The van der Waals surface area contributed by atoms with Gasteiger partial charge in [-0.15, -0.1) is 0 Å². The first-order chi connectivity index (χ1) is 19.0. The molecule has 0 amide bonds. The number of carbonyl (C=O) groups is 2. The summed E-state index contributed by atoms with van der Waals surface area (Å²) in [6.45, 7) is 18.1. The van der Waals surface area contributed by atoms with Gasteiger partial charge in [-0.05, 0) is 61.6 Å². The lowest BCUT2D eigenvalue weighted by molar-refractivity contribution is -0.137. The summed E-state index contributed by atoms with van der Waals surface area (Å²) in [5, 5.41) is 9.51. The number of hydrogen-bond donors (Lipinski definition) is 2. The molecule has 216 valence electrons. The second kappa shape index (κ2) is 16.6. The molecule has 1 atom stereocenters. The maximum absolute atomic E-state index is 12.3. The molecule has 3 aromatic rings. The summed E-state index contributed by atoms with van der Waals surface area (Å²) in [7, 11) is 0. The molecule has 1 heterocycles. The Morgan fingerprint density at radius 3 is 2.12 bits per heavy atom. The average molecular weight is 566 g/mol. The summed E-state index contributed by atoms with van der Waals surface area (Å²) >= 11 is 6.06. The minimum atomic E-state index is -1.07. The van der Waals surface area contributed by atoms with E-state index in [2.05, 4.69) is 30.4 Å². The number of aromatic nitrogens is 2. The van der Waals surface area contributed by atoms with E-state index in [4.69, 9.17) is 22.4 Å². The van der Waals surface area contributed by atoms with Gasteiger partial charge in [0, 0.05) is 28.3 Å². The van der Waals surface area contributed by atoms with Crippen molar-refractivity contribution in [2.24, 2.45) is 0 Å². The SMILES string of the molecule is C=C(c1nc(C)c([C@@](C)(C=O)c2ccc(CCC(=O)O)cc2)c(N)n1)c1ccc(Cl)cc1C.CC.CCCCC. The van der Waals surface area contributed by atoms with E-state index in [1.807, 2.05) is 57.2 Å². The number of nitrogen functional groups attached to an aromatic ring is 1. The summed E-state index contributed by atoms with van der Waals surface area (Å²) in [4.78, 5) is 32.3. The first-order valence-corrected chi connectivity index (χ1v) is 14.2. The number of nitrogens with two attached hydrogens (primary N) is 1. The maximum atomic E-state index is 12.3. The van der Waals surface area contributed by atoms with E-state index in [9.17, 15) is 9.59 Å². The molecule has 0 aliphatic carbocycles. The third-order valence-corrected chi connectivity index (χ3v) is 6.78. The smallest absolute Gasteiger partial charge is 0.303 e. The Bertz CT molecular complexity index is 1260. The van der Waals surface area contributed by atoms with Gasteiger partial charge in [0.25, 0.3) is 0 Å². The van der Waals surface area contributed by atoms with Crippen LogP contribution >= 0.6 is 11.6 Å². The van der Waals surface area contributed by atoms with Gasteiger partial charge in [-0.1, -0.05) is 95.5 Å². The Hall–Kier alpha value is -3.51. The quantitative estimate of drug-likeness (QED) is 0.240. The van der Waals surface area contributed by atoms with Crippen molar-refractivity contribution in [2.45, 2.75) is 86.0 Å². The van der Waals surface area contributed by atoms with Crippen LogP contribution in [0.2, 0.25) is 5.02 Å². The third kappa shape index (κ3) is 9.02. The highest BCUT2D eigenvalue weighted by molar-refractivity contribution is 6.30. The van der Waals surface area contributed by atoms with Crippen LogP contribution in [0.5, 0.6) is 0 Å². The van der Waals surface area contributed by atoms with Crippen LogP contribution in [0.1, 0.15) is 99.6 Å². The Balaban J connectivity index is 0.00000103. The molecule has 3 N–H and O–H groups in total. The minimum Gasteiger partial charge on any atom is -0.481 e. The zero-order valence-electron chi connectivity index (χ0n) is 25.0. The Morgan fingerprint density at radius 1 is 1.07 bits per heavy atom. The number of anilines is 1. The number of carbonyl (C=O) groups excluding carboxylic acids is 1. The highest BCUT2D eigenvalue weighted by Crippen LogP contribution is 2.36. The van der Waals surface area contributed by atoms with Gasteiger partial charge in [0.2, 0.25) is 0 Å². The normalized spacial score (nSPS) is 11.7. The molecular formula is C33H44ClN3O3. The molecule has 0 aliphatic heterocycles. The molecule has 3 rings (SSSR count). The van der Waals surface area contributed by atoms with E-state index < -0.39 is 11.4 Å². The number of aryl methyl sites for hydroxylation is 3. The van der Waals surface area contributed by atoms with Crippen molar-refractivity contribution in [3.05, 3.63) is 93.4 Å². The molecule has 6 nitrogen and oxygen atoms in total. The van der Waals surface area contributed by atoms with E-state index in [0.717, 1.165) is 28.5 Å². The van der Waals surface area contributed by atoms with Crippen molar-refractivity contribution >= 4 is 35.2 Å². The van der Waals surface area contributed by atoms with Crippen LogP contribution in [0.15, 0.2) is 49.0 Å². The first-order valence-electron chi connectivity index (χ1n) is 13.9. The molecule has 0 aliphatic rings. The van der Waals surface area contributed by atoms with Crippen LogP contribution in [-0.4, -0.2) is 27.3 Å². The number of halogens is 1. The van der Waals surface area contributed by atoms with Crippen LogP contribution in [0.25, 0.3) is 5.57 Å². The van der Waals surface area contributed by atoms with Gasteiger partial charge in [-0.3, -0.25) is 4.79 Å². The second-order valence-electron chi connectivity index (χ2n) is 9.60. The largest absolute Gasteiger partial charge is 0.481 e. The van der Waals surface area contributed by atoms with Gasteiger partial charge in [0.15, 0.2) is 5.82 Å². The van der Waals surface area contributed by atoms with E-state index in [-0.39, 0.29) is 12.2 Å². The second-order valence-corrected chi connectivity index (χ2v) is 10.0. The van der Waals surface area contributed by atoms with E-state index >= 15 is 0 Å². The molecule has 0 saturated heterocycles. The van der Waals surface area contributed by atoms with E-state index in [1.54, 1.807) is 19.9 Å². The average Bonchev–Trinajstić information content (AvgIpc) is 2.93. The molecule has 1 aromatic heterocycles. The lowest BCUT2D eigenvalue weighted by Gasteiger charge is -2.27. The molecule has 40 heavy (non-hydrogen) atoms. The number of unbranched alkanes of at least 4 members (excludes halogenated alkanes) is 2. The summed E-state index contributed by atoms with van der Waals surface area (Å²) in [5.41, 5.74) is 10.4. The summed E-state index contributed by atoms with van der Waals surface area (Å²) in [5.74, 6) is -0.265. The minimum absolute atomic E-state index is 0.0443. The van der Waals surface area contributed by atoms with Crippen molar-refractivity contribution in [3.8, 4) is 0 Å². The van der Waals surface area contributed by atoms with Gasteiger partial charge >= 0.3 is 5.97 Å². The fourth-order valence-electron chi connectivity index (χ4n) is 4.35. The summed E-state index contributed by atoms with van der Waals surface area (Å²) in [6.07, 6.45) is 5.37. The number of hydrogen-bond acceptors (Lipinski definition) is 5. The van der Waals surface area contributed by atoms with Gasteiger partial charge in [-0.2, -0.15) is 0 Å². The molecule has 0 unspecified atom stereocenters. The predicted octanol–water partition coefficient (Wildman–Crippen LogP) is 8.14. The van der Waals surface area contributed by atoms with Crippen molar-refractivity contribution in [3.63, 3.8) is 0 Å². The lowest BCUT2D eigenvalue weighted by Crippen LogP contribution is -2.29. The van der Waals surface area contributed by atoms with Crippen LogP contribution in [0, 0.1) is 13.8 Å². The third-order valence-electron chi connectivity index (χ3n) is 6.54. The molecule has 0 spiro atoms. The van der Waals surface area contributed by atoms with E-state index in [1.165, 1.54) is 19.3 Å². The van der Waals surface area contributed by atoms with Crippen LogP contribution in [0.4, 0.5) is 5.82 Å². The van der Waals surface area contributed by atoms with Crippen molar-refractivity contribution < 1.29 is 14.7 Å². The van der Waals surface area contributed by atoms with Gasteiger partial charge < -0.3 is 15.6 Å². The van der Waals surface area contributed by atoms with Crippen molar-refractivity contribution in [1.82, 2.24) is 9.97 Å². The number of carboxylic acids is 1. The Kier molecular flexibility index (Phi) is 14.3. The fraction of sp³-hybridized carbons (Fsp3) is 0.394. The highest BCUT2D eigenvalue weighted by Gasteiger charge is 2.34. The number of nitrogens with zero attached hydrogens (tertiary/aromatic N) is 2. The number of rotatable bonds is 10. The molecule has 0 saturated carbocycles. The fourth-order valence-corrected chi connectivity index (χ4v) is 4.58. The van der Waals surface area contributed by atoms with Crippen molar-refractivity contribution in [1.29, 1.82) is 0 Å². The summed E-state index contributed by atoms with van der Waals surface area (Å²) in [6, 6.07) is 12.8. The molecule has 0 fully saturated rings. The van der Waals surface area contributed by atoms with Gasteiger partial charge in [-0.25, -0.2) is 9.97 Å². The van der Waals surface area contributed by atoms with Crippen LogP contribution in [-0.2, 0) is 21.4 Å². The van der Waals surface area contributed by atoms with Crippen LogP contribution < -0.4 is 5.73 Å². The van der Waals surface area contributed by atoms with E-state index in [0.29, 0.717) is 34.1 Å². The Morgan fingerprint density at radius 2 is 1.68 bits per heavy atom. The highest BCUT2D eigenvalue weighted by atomic mass is 35.5. The lowest BCUT2D eigenvalue weighted by atomic mass is 9.76. The number of benzene rings is 2. The monoisotopic (exact) mass is 565 g/mol. The van der Waals surface area contributed by atoms with Crippen LogP contribution in [0.3, 0.4) is 0 Å². The van der Waals surface area contributed by atoms with Gasteiger partial charge in [0.05, 0.1) is 5.41 Å². The number of aliphatic carboxylic acids is 1. The standard InChI is InChI=1S/C26H26ClN3O3.C5H12.C2H6/c1-15-13-20(27)10-11-21(15)16(2)25-29-17(3)23(24(28)30-25)26(4,14-31)19-8-5-18(6-9-19)7-12-22(32)33;1-3-5-4-2;1-2/h5-6,8-11,13-14H,2,7,12H2,1,3-4H3,(H,32,33)(H2,28,29,30);3-5H2,1-2H3;1-2H3/t26-;;/m0../s1. The predicted molar refractivity (Wildman–Crippen MR) is 167 cm³/mol. The topological polar surface area (TPSA) is 106 Å². The summed E-state index contributed by atoms with van der Waals surface area (Å²) < 4.78 is 0. The van der Waals surface area contributed by atoms with Gasteiger partial charge in [0.1, 0.15) is 12.1 Å². The first kappa shape index (κ1) is 34.5. The maximum Gasteiger partial charge on any atom is 0.303 e. The molecular weight excluding hydrogens is 522 g/mol. The van der Waals surface area contributed by atoms with Crippen molar-refractivity contribution in [2.75, 3.05) is 5.73 Å². The molecule has 0 bridgehead atoms. The zero-order valence-corrected chi connectivity index (χ0v) is 25.7. The molecule has 2 aromatic carbocycles. The Labute approximate surface area is 244 Å². The molecule has 7 heteroatoms.